The molecule has 0 atom stereocenters. The Labute approximate surface area is 243 Å². The van der Waals surface area contributed by atoms with E-state index >= 15 is 0 Å². The SMILES string of the molecule is CCCc1nc2ccc(Br)cc2c(=O)n1N=Cc1cc(OC)c(OCc2ccc([N+](=O)[O-])cc2)c(Br)c1Br. The Morgan fingerprint density at radius 2 is 1.84 bits per heavy atom. The molecule has 196 valence electrons. The molecular weight excluding hydrogens is 688 g/mol. The smallest absolute Gasteiger partial charge is 0.282 e. The number of benzene rings is 3. The highest BCUT2D eigenvalue weighted by Crippen LogP contribution is 2.42. The molecule has 1 heterocycles. The number of halogens is 3. The molecule has 3 aromatic carbocycles. The van der Waals surface area contributed by atoms with Gasteiger partial charge in [-0.3, -0.25) is 14.9 Å². The Balaban J connectivity index is 1.68. The van der Waals surface area contributed by atoms with Crippen LogP contribution in [0.3, 0.4) is 0 Å². The van der Waals surface area contributed by atoms with Crippen molar-refractivity contribution in [1.82, 2.24) is 9.66 Å². The van der Waals surface area contributed by atoms with Crippen LogP contribution < -0.4 is 15.0 Å². The average molecular weight is 709 g/mol. The Bertz CT molecular complexity index is 1600. The first-order chi connectivity index (χ1) is 18.2. The first-order valence-electron chi connectivity index (χ1n) is 11.4. The fraction of sp³-hybridized carbons (Fsp3) is 0.192. The van der Waals surface area contributed by atoms with Crippen molar-refractivity contribution in [3.63, 3.8) is 0 Å². The summed E-state index contributed by atoms with van der Waals surface area (Å²) in [4.78, 5) is 28.4. The van der Waals surface area contributed by atoms with Gasteiger partial charge in [-0.05, 0) is 80.2 Å². The van der Waals surface area contributed by atoms with Gasteiger partial charge in [0.1, 0.15) is 12.4 Å². The van der Waals surface area contributed by atoms with Crippen molar-refractivity contribution in [2.75, 3.05) is 7.11 Å². The fourth-order valence-corrected chi connectivity index (χ4v) is 4.97. The quantitative estimate of drug-likeness (QED) is 0.105. The molecule has 0 radical (unpaired) electrons. The first kappa shape index (κ1) is 27.9. The molecule has 0 saturated heterocycles. The maximum absolute atomic E-state index is 13.3. The van der Waals surface area contributed by atoms with Gasteiger partial charge >= 0.3 is 0 Å². The zero-order valence-corrected chi connectivity index (χ0v) is 25.0. The van der Waals surface area contributed by atoms with Crippen molar-refractivity contribution in [2.24, 2.45) is 5.10 Å². The van der Waals surface area contributed by atoms with Crippen LogP contribution in [0.1, 0.15) is 30.3 Å². The van der Waals surface area contributed by atoms with Crippen molar-refractivity contribution in [3.05, 3.63) is 99.4 Å². The fourth-order valence-electron chi connectivity index (χ4n) is 3.67. The molecule has 0 saturated carbocycles. The summed E-state index contributed by atoms with van der Waals surface area (Å²) in [5.74, 6) is 1.44. The van der Waals surface area contributed by atoms with Gasteiger partial charge in [0, 0.05) is 33.1 Å². The molecule has 0 N–H and O–H groups in total. The maximum atomic E-state index is 13.3. The van der Waals surface area contributed by atoms with Crippen LogP contribution >= 0.6 is 47.8 Å². The third kappa shape index (κ3) is 5.97. The predicted octanol–water partition coefficient (Wildman–Crippen LogP) is 7.01. The Morgan fingerprint density at radius 3 is 2.50 bits per heavy atom. The van der Waals surface area contributed by atoms with Crippen LogP contribution in [0.25, 0.3) is 10.9 Å². The first-order valence-corrected chi connectivity index (χ1v) is 13.8. The Hall–Kier alpha value is -3.09. The molecule has 0 aliphatic rings. The van der Waals surface area contributed by atoms with Gasteiger partial charge in [0.15, 0.2) is 11.5 Å². The van der Waals surface area contributed by atoms with Gasteiger partial charge in [-0.25, -0.2) is 4.98 Å². The molecule has 38 heavy (non-hydrogen) atoms. The number of ether oxygens (including phenoxy) is 2. The summed E-state index contributed by atoms with van der Waals surface area (Å²) in [6.45, 7) is 2.18. The summed E-state index contributed by atoms with van der Waals surface area (Å²) < 4.78 is 14.9. The number of hydrogen-bond acceptors (Lipinski definition) is 7. The van der Waals surface area contributed by atoms with Crippen LogP contribution in [0, 0.1) is 10.1 Å². The minimum absolute atomic E-state index is 0.00865. The molecule has 4 aromatic rings. The number of nitrogens with zero attached hydrogens (tertiary/aromatic N) is 4. The summed E-state index contributed by atoms with van der Waals surface area (Å²) in [5.41, 5.74) is 1.76. The highest BCUT2D eigenvalue weighted by Gasteiger charge is 2.18. The zero-order valence-electron chi connectivity index (χ0n) is 20.3. The second-order valence-electron chi connectivity index (χ2n) is 8.14. The van der Waals surface area contributed by atoms with E-state index < -0.39 is 4.92 Å². The van der Waals surface area contributed by atoms with E-state index in [0.717, 1.165) is 16.5 Å². The maximum Gasteiger partial charge on any atom is 0.282 e. The van der Waals surface area contributed by atoms with E-state index in [1.54, 1.807) is 30.5 Å². The van der Waals surface area contributed by atoms with E-state index in [-0.39, 0.29) is 17.9 Å². The largest absolute Gasteiger partial charge is 0.493 e. The number of fused-ring (bicyclic) bond motifs is 1. The summed E-state index contributed by atoms with van der Waals surface area (Å²) in [6, 6.07) is 13.3. The lowest BCUT2D eigenvalue weighted by molar-refractivity contribution is -0.384. The molecule has 0 spiro atoms. The Kier molecular flexibility index (Phi) is 8.95. The summed E-state index contributed by atoms with van der Waals surface area (Å²) in [5, 5.41) is 15.8. The van der Waals surface area contributed by atoms with Gasteiger partial charge < -0.3 is 9.47 Å². The van der Waals surface area contributed by atoms with Crippen LogP contribution in [0.4, 0.5) is 5.69 Å². The normalized spacial score (nSPS) is 11.3. The molecular formula is C26H21Br3N4O5. The average Bonchev–Trinajstić information content (AvgIpc) is 2.90. The standard InChI is InChI=1S/C26H21Br3N4O5/c1-3-4-22-31-20-10-7-17(27)12-19(20)26(34)32(22)30-13-16-11-21(37-2)25(24(29)23(16)28)38-14-15-5-8-18(9-6-15)33(35)36/h5-13H,3-4,14H2,1-2H3. The third-order valence-electron chi connectivity index (χ3n) is 5.57. The van der Waals surface area contributed by atoms with Crippen LogP contribution in [0.2, 0.25) is 0 Å². The number of nitro groups is 1. The van der Waals surface area contributed by atoms with Crippen LogP contribution in [-0.2, 0) is 13.0 Å². The topological polar surface area (TPSA) is 109 Å². The van der Waals surface area contributed by atoms with Crippen LogP contribution in [-0.4, -0.2) is 27.9 Å². The number of methoxy groups -OCH3 is 1. The number of aryl methyl sites for hydroxylation is 1. The molecule has 0 aliphatic carbocycles. The van der Waals surface area contributed by atoms with E-state index in [1.807, 2.05) is 19.1 Å². The van der Waals surface area contributed by atoms with E-state index in [0.29, 0.717) is 49.2 Å². The number of nitro benzene ring substituents is 1. The van der Waals surface area contributed by atoms with E-state index in [4.69, 9.17) is 9.47 Å². The van der Waals surface area contributed by atoms with Crippen molar-refractivity contribution in [1.29, 1.82) is 0 Å². The van der Waals surface area contributed by atoms with E-state index in [2.05, 4.69) is 57.9 Å². The van der Waals surface area contributed by atoms with Gasteiger partial charge in [-0.2, -0.15) is 9.78 Å². The van der Waals surface area contributed by atoms with Crippen LogP contribution in [0.5, 0.6) is 11.5 Å². The monoisotopic (exact) mass is 706 g/mol. The highest BCUT2D eigenvalue weighted by molar-refractivity contribution is 9.13. The van der Waals surface area contributed by atoms with Gasteiger partial charge in [0.05, 0.1) is 33.6 Å². The Morgan fingerprint density at radius 1 is 1.11 bits per heavy atom. The molecule has 12 heteroatoms. The number of aromatic nitrogens is 2. The molecule has 9 nitrogen and oxygen atoms in total. The zero-order chi connectivity index (χ0) is 27.4. The number of non-ortho nitro benzene ring substituents is 1. The minimum atomic E-state index is -0.451. The van der Waals surface area contributed by atoms with Crippen molar-refractivity contribution in [3.8, 4) is 11.5 Å². The second kappa shape index (κ2) is 12.2. The third-order valence-corrected chi connectivity index (χ3v) is 8.20. The molecule has 4 rings (SSSR count). The van der Waals surface area contributed by atoms with Crippen molar-refractivity contribution < 1.29 is 14.4 Å². The van der Waals surface area contributed by atoms with E-state index in [1.165, 1.54) is 23.9 Å². The summed E-state index contributed by atoms with van der Waals surface area (Å²) in [6.07, 6.45) is 2.94. The predicted molar refractivity (Wildman–Crippen MR) is 157 cm³/mol. The second-order valence-corrected chi connectivity index (χ2v) is 10.6. The lowest BCUT2D eigenvalue weighted by Gasteiger charge is -2.15. The minimum Gasteiger partial charge on any atom is -0.493 e. The number of rotatable bonds is 9. The van der Waals surface area contributed by atoms with Gasteiger partial charge in [0.2, 0.25) is 0 Å². The lowest BCUT2D eigenvalue weighted by Crippen LogP contribution is -2.22. The molecule has 0 amide bonds. The molecule has 1 aromatic heterocycles. The van der Waals surface area contributed by atoms with E-state index in [9.17, 15) is 14.9 Å². The number of hydrogen-bond donors (Lipinski definition) is 0. The van der Waals surface area contributed by atoms with Gasteiger partial charge in [0.25, 0.3) is 11.2 Å². The van der Waals surface area contributed by atoms with Crippen molar-refractivity contribution in [2.45, 2.75) is 26.4 Å². The van der Waals surface area contributed by atoms with Crippen LogP contribution in [0.15, 0.2) is 71.8 Å². The molecule has 0 unspecified atom stereocenters. The summed E-state index contributed by atoms with van der Waals surface area (Å²) >= 11 is 10.6. The summed E-state index contributed by atoms with van der Waals surface area (Å²) in [7, 11) is 1.52. The molecule has 0 fully saturated rings. The van der Waals surface area contributed by atoms with Gasteiger partial charge in [-0.15, -0.1) is 0 Å². The van der Waals surface area contributed by atoms with Gasteiger partial charge in [-0.1, -0.05) is 22.9 Å². The van der Waals surface area contributed by atoms with Crippen molar-refractivity contribution >= 4 is 70.6 Å². The molecule has 0 bridgehead atoms. The highest BCUT2D eigenvalue weighted by atomic mass is 79.9. The lowest BCUT2D eigenvalue weighted by atomic mass is 10.2. The molecule has 0 aliphatic heterocycles.